The molecule has 1 saturated carbocycles. The van der Waals surface area contributed by atoms with Gasteiger partial charge in [-0.05, 0) is 54.5 Å². The second-order valence-corrected chi connectivity index (χ2v) is 7.74. The van der Waals surface area contributed by atoms with Crippen molar-refractivity contribution in [1.29, 1.82) is 5.26 Å². The number of nitrogens with one attached hydrogen (secondary N) is 3. The molecule has 1 aromatic carbocycles. The number of rotatable bonds is 3. The second-order valence-electron chi connectivity index (χ2n) is 7.74. The smallest absolute Gasteiger partial charge is 0.227 e. The van der Waals surface area contributed by atoms with Gasteiger partial charge in [0.25, 0.3) is 0 Å². The lowest BCUT2D eigenvalue weighted by atomic mass is 9.83. The summed E-state index contributed by atoms with van der Waals surface area (Å²) < 4.78 is 0. The van der Waals surface area contributed by atoms with Crippen LogP contribution in [0.1, 0.15) is 36.0 Å². The fourth-order valence-electron chi connectivity index (χ4n) is 4.53. The summed E-state index contributed by atoms with van der Waals surface area (Å²) in [4.78, 5) is 11.4. The van der Waals surface area contributed by atoms with Gasteiger partial charge in [-0.15, -0.1) is 0 Å². The molecule has 3 N–H and O–H groups in total. The zero-order chi connectivity index (χ0) is 18.2. The highest BCUT2D eigenvalue weighted by atomic mass is 15.4. The van der Waals surface area contributed by atoms with E-state index >= 15 is 0 Å². The zero-order valence-corrected chi connectivity index (χ0v) is 15.2. The van der Waals surface area contributed by atoms with Gasteiger partial charge in [0.1, 0.15) is 5.82 Å². The summed E-state index contributed by atoms with van der Waals surface area (Å²) in [6.45, 7) is 2.59. The minimum atomic E-state index is 0.463. The van der Waals surface area contributed by atoms with Gasteiger partial charge >= 0.3 is 0 Å². The van der Waals surface area contributed by atoms with Crippen molar-refractivity contribution in [2.24, 2.45) is 5.92 Å². The van der Waals surface area contributed by atoms with Gasteiger partial charge in [0, 0.05) is 37.9 Å². The first-order chi connectivity index (χ1) is 13.3. The highest BCUT2D eigenvalue weighted by Crippen LogP contribution is 2.30. The van der Waals surface area contributed by atoms with E-state index in [0.29, 0.717) is 23.6 Å². The van der Waals surface area contributed by atoms with Gasteiger partial charge in [-0.1, -0.05) is 6.07 Å². The monoisotopic (exact) mass is 361 g/mol. The summed E-state index contributed by atoms with van der Waals surface area (Å²) >= 11 is 0. The molecular formula is C20H23N7. The third-order valence-corrected chi connectivity index (χ3v) is 5.97. The van der Waals surface area contributed by atoms with Gasteiger partial charge in [-0.2, -0.15) is 10.2 Å². The number of nitriles is 1. The standard InChI is InChI=1S/C20H23N7/c21-9-13-1-2-14-11-27(12-16(14)7-13)20-22-6-5-19(25-20)24-17-3-4-18-15(8-17)10-23-26-18/h1-2,5-7,15,17-18,23,26H,3-4,8,10-12H2,(H,22,24,25). The highest BCUT2D eigenvalue weighted by molar-refractivity contribution is 5.49. The molecule has 1 aromatic heterocycles. The number of hydrogen-bond donors (Lipinski definition) is 3. The molecule has 3 heterocycles. The lowest BCUT2D eigenvalue weighted by Crippen LogP contribution is -2.39. The van der Waals surface area contributed by atoms with Crippen molar-refractivity contribution in [1.82, 2.24) is 20.8 Å². The largest absolute Gasteiger partial charge is 0.367 e. The number of aromatic nitrogens is 2. The maximum Gasteiger partial charge on any atom is 0.227 e. The minimum Gasteiger partial charge on any atom is -0.367 e. The van der Waals surface area contributed by atoms with Crippen LogP contribution in [0.5, 0.6) is 0 Å². The van der Waals surface area contributed by atoms with Crippen molar-refractivity contribution in [2.75, 3.05) is 16.8 Å². The summed E-state index contributed by atoms with van der Waals surface area (Å²) in [6, 6.07) is 11.1. The number of anilines is 2. The van der Waals surface area contributed by atoms with Crippen molar-refractivity contribution in [2.45, 2.75) is 44.4 Å². The Morgan fingerprint density at radius 1 is 1.19 bits per heavy atom. The van der Waals surface area contributed by atoms with E-state index in [1.807, 2.05) is 30.5 Å². The van der Waals surface area contributed by atoms with Crippen LogP contribution < -0.4 is 21.1 Å². The lowest BCUT2D eigenvalue weighted by molar-refractivity contribution is 0.314. The molecule has 1 aliphatic carbocycles. The molecule has 3 aliphatic rings. The Kier molecular flexibility index (Phi) is 4.15. The van der Waals surface area contributed by atoms with Crippen LogP contribution in [0.4, 0.5) is 11.8 Å². The van der Waals surface area contributed by atoms with E-state index in [2.05, 4.69) is 32.1 Å². The van der Waals surface area contributed by atoms with Crippen molar-refractivity contribution in [3.8, 4) is 6.07 Å². The van der Waals surface area contributed by atoms with Crippen molar-refractivity contribution < 1.29 is 0 Å². The topological polar surface area (TPSA) is 88.9 Å². The van der Waals surface area contributed by atoms with Crippen LogP contribution in [-0.2, 0) is 13.1 Å². The Hall–Kier alpha value is -2.69. The number of hydrazine groups is 1. The zero-order valence-electron chi connectivity index (χ0n) is 15.2. The van der Waals surface area contributed by atoms with Gasteiger partial charge in [0.05, 0.1) is 11.6 Å². The Bertz CT molecular complexity index is 890. The summed E-state index contributed by atoms with van der Waals surface area (Å²) in [7, 11) is 0. The van der Waals surface area contributed by atoms with E-state index < -0.39 is 0 Å². The van der Waals surface area contributed by atoms with Crippen LogP contribution >= 0.6 is 0 Å². The molecule has 0 radical (unpaired) electrons. The molecule has 0 spiro atoms. The quantitative estimate of drug-likeness (QED) is 0.770. The molecule has 0 amide bonds. The summed E-state index contributed by atoms with van der Waals surface area (Å²) in [5.74, 6) is 2.34. The molecule has 7 nitrogen and oxygen atoms in total. The molecule has 5 rings (SSSR count). The number of fused-ring (bicyclic) bond motifs is 2. The van der Waals surface area contributed by atoms with Crippen LogP contribution in [-0.4, -0.2) is 28.6 Å². The van der Waals surface area contributed by atoms with Crippen molar-refractivity contribution in [3.05, 3.63) is 47.2 Å². The molecule has 3 atom stereocenters. The molecule has 7 heteroatoms. The van der Waals surface area contributed by atoms with E-state index in [-0.39, 0.29) is 0 Å². The molecule has 1 saturated heterocycles. The molecule has 3 unspecified atom stereocenters. The normalized spacial score (nSPS) is 26.3. The van der Waals surface area contributed by atoms with Crippen LogP contribution in [0, 0.1) is 17.2 Å². The minimum absolute atomic E-state index is 0.463. The average Bonchev–Trinajstić information content (AvgIpc) is 3.33. The highest BCUT2D eigenvalue weighted by Gasteiger charge is 2.33. The van der Waals surface area contributed by atoms with E-state index in [4.69, 9.17) is 10.2 Å². The molecule has 138 valence electrons. The van der Waals surface area contributed by atoms with Crippen LogP contribution in [0.2, 0.25) is 0 Å². The van der Waals surface area contributed by atoms with Gasteiger partial charge in [0.2, 0.25) is 5.95 Å². The Balaban J connectivity index is 1.28. The number of hydrogen-bond acceptors (Lipinski definition) is 7. The number of benzene rings is 1. The first-order valence-electron chi connectivity index (χ1n) is 9.63. The van der Waals surface area contributed by atoms with Gasteiger partial charge in [-0.25, -0.2) is 4.98 Å². The third kappa shape index (κ3) is 3.22. The summed E-state index contributed by atoms with van der Waals surface area (Å²) in [6.07, 6.45) is 5.34. The second kappa shape index (κ2) is 6.80. The van der Waals surface area contributed by atoms with E-state index in [1.54, 1.807) is 0 Å². The summed E-state index contributed by atoms with van der Waals surface area (Å²) in [5, 5.41) is 12.7. The molecule has 0 bridgehead atoms. The fourth-order valence-corrected chi connectivity index (χ4v) is 4.53. The Morgan fingerprint density at radius 2 is 2.11 bits per heavy atom. The maximum absolute atomic E-state index is 9.10. The molecular weight excluding hydrogens is 338 g/mol. The van der Waals surface area contributed by atoms with Gasteiger partial charge in [-0.3, -0.25) is 10.9 Å². The molecule has 2 aliphatic heterocycles. The van der Waals surface area contributed by atoms with Crippen molar-refractivity contribution >= 4 is 11.8 Å². The maximum atomic E-state index is 9.10. The predicted octanol–water partition coefficient (Wildman–Crippen LogP) is 1.93. The first-order valence-corrected chi connectivity index (χ1v) is 9.63. The Labute approximate surface area is 158 Å². The predicted molar refractivity (Wildman–Crippen MR) is 103 cm³/mol. The summed E-state index contributed by atoms with van der Waals surface area (Å²) in [5.41, 5.74) is 9.80. The molecule has 27 heavy (non-hydrogen) atoms. The number of nitrogens with zero attached hydrogens (tertiary/aromatic N) is 4. The van der Waals surface area contributed by atoms with E-state index in [1.165, 1.54) is 17.5 Å². The fraction of sp³-hybridized carbons (Fsp3) is 0.450. The van der Waals surface area contributed by atoms with Gasteiger partial charge in [0.15, 0.2) is 0 Å². The Morgan fingerprint density at radius 3 is 3.04 bits per heavy atom. The van der Waals surface area contributed by atoms with Crippen LogP contribution in [0.25, 0.3) is 0 Å². The molecule has 2 aromatic rings. The van der Waals surface area contributed by atoms with Crippen LogP contribution in [0.3, 0.4) is 0 Å². The van der Waals surface area contributed by atoms with Crippen molar-refractivity contribution in [3.63, 3.8) is 0 Å². The van der Waals surface area contributed by atoms with E-state index in [0.717, 1.165) is 44.2 Å². The lowest BCUT2D eigenvalue weighted by Gasteiger charge is -2.31. The van der Waals surface area contributed by atoms with Crippen LogP contribution in [0.15, 0.2) is 30.5 Å². The molecule has 2 fully saturated rings. The van der Waals surface area contributed by atoms with E-state index in [9.17, 15) is 0 Å². The third-order valence-electron chi connectivity index (χ3n) is 5.97. The average molecular weight is 361 g/mol. The van der Waals surface area contributed by atoms with Gasteiger partial charge < -0.3 is 10.2 Å². The first kappa shape index (κ1) is 16.5. The SMILES string of the molecule is N#Cc1ccc2c(c1)CN(c1nccc(NC3CCC4NNCC4C3)n1)C2.